The van der Waals surface area contributed by atoms with Crippen LogP contribution in [0.5, 0.6) is 0 Å². The number of pyridine rings is 2. The van der Waals surface area contributed by atoms with E-state index in [1.54, 1.807) is 12.4 Å². The number of aromatic nitrogens is 6. The first-order valence-corrected chi connectivity index (χ1v) is 15.1. The topological polar surface area (TPSA) is 126 Å². The number of rotatable bonds is 6. The zero-order chi connectivity index (χ0) is 30.3. The normalized spacial score (nSPS) is 17.9. The fourth-order valence-corrected chi connectivity index (χ4v) is 6.70. The maximum atomic E-state index is 9.26. The van der Waals surface area contributed by atoms with Crippen LogP contribution in [-0.2, 0) is 6.54 Å². The molecule has 220 valence electrons. The van der Waals surface area contributed by atoms with Crippen molar-refractivity contribution >= 4 is 22.8 Å². The highest BCUT2D eigenvalue weighted by Crippen LogP contribution is 2.34. The van der Waals surface area contributed by atoms with Gasteiger partial charge in [-0.25, -0.2) is 24.9 Å². The quantitative estimate of drug-likeness (QED) is 0.277. The summed E-state index contributed by atoms with van der Waals surface area (Å²) in [5.74, 6) is 2.20. The number of nitrogens with two attached hydrogens (primary N) is 1. The fraction of sp³-hybridized carbons (Fsp3) is 0.200. The van der Waals surface area contributed by atoms with Crippen LogP contribution in [0.4, 0.5) is 11.6 Å². The number of piperidine rings is 2. The second kappa shape index (κ2) is 11.1. The molecule has 2 unspecified atom stereocenters. The van der Waals surface area contributed by atoms with Gasteiger partial charge in [0.2, 0.25) is 5.82 Å². The number of piperazine rings is 1. The highest BCUT2D eigenvalue weighted by molar-refractivity contribution is 5.84. The van der Waals surface area contributed by atoms with Crippen molar-refractivity contribution < 1.29 is 0 Å². The minimum Gasteiger partial charge on any atom is -0.383 e. The largest absolute Gasteiger partial charge is 0.383 e. The van der Waals surface area contributed by atoms with Crippen molar-refractivity contribution in [3.05, 3.63) is 109 Å². The maximum absolute atomic E-state index is 9.26. The lowest BCUT2D eigenvalue weighted by Crippen LogP contribution is -2.62. The van der Waals surface area contributed by atoms with Gasteiger partial charge < -0.3 is 10.6 Å². The number of fused-ring (bicyclic) bond motifs is 4. The van der Waals surface area contributed by atoms with Crippen LogP contribution in [0.2, 0.25) is 0 Å². The van der Waals surface area contributed by atoms with Gasteiger partial charge in [-0.3, -0.25) is 9.47 Å². The summed E-state index contributed by atoms with van der Waals surface area (Å²) in [7, 11) is 0. The van der Waals surface area contributed by atoms with Gasteiger partial charge in [-0.15, -0.1) is 0 Å². The Hall–Kier alpha value is -5.66. The van der Waals surface area contributed by atoms with E-state index in [0.717, 1.165) is 72.0 Å². The molecular formula is C35H30N10. The molecule has 45 heavy (non-hydrogen) atoms. The molecule has 9 rings (SSSR count). The lowest BCUT2D eigenvalue weighted by Gasteiger charge is -2.52. The van der Waals surface area contributed by atoms with E-state index in [1.165, 1.54) is 5.56 Å². The van der Waals surface area contributed by atoms with Gasteiger partial charge in [-0.2, -0.15) is 5.26 Å². The molecule has 3 aliphatic rings. The minimum absolute atomic E-state index is 0.220. The Balaban J connectivity index is 1.10. The van der Waals surface area contributed by atoms with E-state index in [-0.39, 0.29) is 5.82 Å². The first-order valence-electron chi connectivity index (χ1n) is 15.1. The molecule has 0 radical (unpaired) electrons. The second-order valence-corrected chi connectivity index (χ2v) is 11.6. The van der Waals surface area contributed by atoms with Gasteiger partial charge in [0.15, 0.2) is 11.5 Å². The summed E-state index contributed by atoms with van der Waals surface area (Å²) in [6.45, 7) is 2.73. The third kappa shape index (κ3) is 4.93. The summed E-state index contributed by atoms with van der Waals surface area (Å²) in [6, 6.07) is 31.5. The lowest BCUT2D eigenvalue weighted by atomic mass is 9.90. The molecule has 2 bridgehead atoms. The smallest absolute Gasteiger partial charge is 0.234 e. The number of hydrogen-bond acceptors (Lipinski definition) is 9. The predicted octanol–water partition coefficient (Wildman–Crippen LogP) is 5.25. The summed E-state index contributed by atoms with van der Waals surface area (Å²) < 4.78 is 2.08. The molecule has 0 saturated carbocycles. The van der Waals surface area contributed by atoms with Gasteiger partial charge in [0, 0.05) is 55.4 Å². The summed E-state index contributed by atoms with van der Waals surface area (Å²) >= 11 is 0. The molecule has 10 heteroatoms. The Morgan fingerprint density at radius 1 is 0.800 bits per heavy atom. The van der Waals surface area contributed by atoms with Crippen molar-refractivity contribution in [1.29, 1.82) is 5.26 Å². The SMILES string of the molecule is N#Cc1nccc(N2CC3CCC2CN3Cc2ccc(-n3c(-c4cccnc4N)nc4ccc(-c5ccccc5)nc43)cc2)n1. The van der Waals surface area contributed by atoms with Gasteiger partial charge in [-0.05, 0) is 60.9 Å². The predicted molar refractivity (Wildman–Crippen MR) is 173 cm³/mol. The van der Waals surface area contributed by atoms with Gasteiger partial charge >= 0.3 is 0 Å². The molecule has 7 heterocycles. The Labute approximate surface area is 260 Å². The highest BCUT2D eigenvalue weighted by atomic mass is 15.3. The third-order valence-electron chi connectivity index (χ3n) is 8.91. The fourth-order valence-electron chi connectivity index (χ4n) is 6.70. The highest BCUT2D eigenvalue weighted by Gasteiger charge is 2.39. The van der Waals surface area contributed by atoms with E-state index in [2.05, 4.69) is 71.8 Å². The molecule has 0 spiro atoms. The van der Waals surface area contributed by atoms with Crippen molar-refractivity contribution in [3.63, 3.8) is 0 Å². The minimum atomic E-state index is 0.220. The van der Waals surface area contributed by atoms with Crippen molar-refractivity contribution in [2.75, 3.05) is 23.7 Å². The summed E-state index contributed by atoms with van der Waals surface area (Å²) in [5.41, 5.74) is 12.8. The van der Waals surface area contributed by atoms with E-state index in [0.29, 0.717) is 23.7 Å². The van der Waals surface area contributed by atoms with E-state index >= 15 is 0 Å². The van der Waals surface area contributed by atoms with Crippen LogP contribution in [0.1, 0.15) is 24.2 Å². The first-order chi connectivity index (χ1) is 22.1. The van der Waals surface area contributed by atoms with Crippen LogP contribution < -0.4 is 10.6 Å². The molecule has 3 fully saturated rings. The van der Waals surface area contributed by atoms with Crippen LogP contribution in [0.25, 0.3) is 39.5 Å². The van der Waals surface area contributed by atoms with Crippen molar-refractivity contribution in [2.45, 2.75) is 31.5 Å². The maximum Gasteiger partial charge on any atom is 0.234 e. The molecule has 2 atom stereocenters. The van der Waals surface area contributed by atoms with Crippen LogP contribution in [0.15, 0.2) is 97.3 Å². The molecule has 6 aromatic rings. The molecule has 3 aliphatic heterocycles. The Kier molecular flexibility index (Phi) is 6.65. The Bertz CT molecular complexity index is 2050. The van der Waals surface area contributed by atoms with Gasteiger partial charge in [0.05, 0.1) is 11.3 Å². The number of imidazole rings is 1. The first kappa shape index (κ1) is 26.9. The number of nitriles is 1. The van der Waals surface area contributed by atoms with Gasteiger partial charge in [0.25, 0.3) is 0 Å². The third-order valence-corrected chi connectivity index (χ3v) is 8.91. The average molecular weight is 591 g/mol. The van der Waals surface area contributed by atoms with E-state index < -0.39 is 0 Å². The molecule has 0 aliphatic carbocycles. The monoisotopic (exact) mass is 590 g/mol. The number of nitrogen functional groups attached to an aromatic ring is 1. The van der Waals surface area contributed by atoms with Crippen molar-refractivity contribution in [1.82, 2.24) is 34.4 Å². The summed E-state index contributed by atoms with van der Waals surface area (Å²) in [5, 5.41) is 9.26. The van der Waals surface area contributed by atoms with Crippen LogP contribution in [0.3, 0.4) is 0 Å². The van der Waals surface area contributed by atoms with Crippen LogP contribution >= 0.6 is 0 Å². The number of anilines is 2. The number of benzene rings is 2. The molecule has 3 saturated heterocycles. The molecule has 2 N–H and O–H groups in total. The summed E-state index contributed by atoms with van der Waals surface area (Å²) in [6.07, 6.45) is 5.65. The van der Waals surface area contributed by atoms with Crippen molar-refractivity contribution in [2.24, 2.45) is 0 Å². The van der Waals surface area contributed by atoms with Gasteiger partial charge in [-0.1, -0.05) is 42.5 Å². The van der Waals surface area contributed by atoms with E-state index in [9.17, 15) is 5.26 Å². The number of hydrogen-bond donors (Lipinski definition) is 1. The number of nitrogens with zero attached hydrogens (tertiary/aromatic N) is 9. The molecular weight excluding hydrogens is 560 g/mol. The zero-order valence-electron chi connectivity index (χ0n) is 24.5. The zero-order valence-corrected chi connectivity index (χ0v) is 24.5. The van der Waals surface area contributed by atoms with Gasteiger partial charge in [0.1, 0.15) is 23.2 Å². The van der Waals surface area contributed by atoms with Crippen LogP contribution in [0, 0.1) is 11.3 Å². The average Bonchev–Trinajstić information content (AvgIpc) is 3.48. The summed E-state index contributed by atoms with van der Waals surface area (Å²) in [4.78, 5) is 27.8. The Morgan fingerprint density at radius 3 is 2.42 bits per heavy atom. The van der Waals surface area contributed by atoms with Crippen molar-refractivity contribution in [3.8, 4) is 34.4 Å². The molecule has 4 aromatic heterocycles. The molecule has 10 nitrogen and oxygen atoms in total. The lowest BCUT2D eigenvalue weighted by molar-refractivity contribution is 0.0885. The molecule has 0 amide bonds. The standard InChI is InChI=1S/C35H30N10/c36-19-31-38-18-16-32(42-31)44-22-26-12-13-27(44)21-43(26)20-23-8-10-25(11-9-23)45-34(28-7-4-17-39-33(28)37)41-30-15-14-29(40-35(30)45)24-5-2-1-3-6-24/h1-11,14-18,26-27H,12-13,20-22H2,(H2,37,39). The van der Waals surface area contributed by atoms with E-state index in [4.69, 9.17) is 15.7 Å². The van der Waals surface area contributed by atoms with E-state index in [1.807, 2.05) is 48.5 Å². The second-order valence-electron chi connectivity index (χ2n) is 11.6. The van der Waals surface area contributed by atoms with Crippen LogP contribution in [-0.4, -0.2) is 59.6 Å². The Morgan fingerprint density at radius 2 is 1.64 bits per heavy atom. The molecule has 2 aromatic carbocycles.